The number of rotatable bonds is 5. The van der Waals surface area contributed by atoms with Crippen molar-refractivity contribution in [2.45, 2.75) is 12.8 Å². The van der Waals surface area contributed by atoms with Crippen LogP contribution < -0.4 is 5.32 Å². The zero-order valence-corrected chi connectivity index (χ0v) is 9.54. The first-order chi connectivity index (χ1) is 8.66. The zero-order chi connectivity index (χ0) is 13.0. The molecule has 1 amide bonds. The molecular formula is C11H12N4O3. The van der Waals surface area contributed by atoms with Crippen LogP contribution in [0, 0.1) is 0 Å². The Kier molecular flexibility index (Phi) is 3.52. The lowest BCUT2D eigenvalue weighted by molar-refractivity contribution is -0.137. The normalized spacial score (nSPS) is 10.4. The Morgan fingerprint density at radius 1 is 1.39 bits per heavy atom. The second-order valence-electron chi connectivity index (χ2n) is 3.77. The van der Waals surface area contributed by atoms with Gasteiger partial charge in [-0.2, -0.15) is 0 Å². The van der Waals surface area contributed by atoms with Gasteiger partial charge >= 0.3 is 5.97 Å². The molecule has 0 aromatic carbocycles. The predicted molar refractivity (Wildman–Crippen MR) is 62.2 cm³/mol. The van der Waals surface area contributed by atoms with Crippen LogP contribution in [0.25, 0.3) is 5.65 Å². The Balaban J connectivity index is 1.93. The van der Waals surface area contributed by atoms with E-state index in [4.69, 9.17) is 5.11 Å². The first-order valence-corrected chi connectivity index (χ1v) is 5.46. The lowest BCUT2D eigenvalue weighted by Crippen LogP contribution is -2.25. The lowest BCUT2D eigenvalue weighted by Gasteiger charge is -2.04. The number of aromatic nitrogens is 3. The zero-order valence-electron chi connectivity index (χ0n) is 9.54. The van der Waals surface area contributed by atoms with E-state index in [9.17, 15) is 9.59 Å². The van der Waals surface area contributed by atoms with E-state index in [1.54, 1.807) is 22.7 Å². The maximum absolute atomic E-state index is 11.7. The van der Waals surface area contributed by atoms with Crippen molar-refractivity contribution in [3.8, 4) is 0 Å². The number of carboxylic acid groups (broad SMARTS) is 1. The molecular weight excluding hydrogens is 236 g/mol. The van der Waals surface area contributed by atoms with E-state index >= 15 is 0 Å². The summed E-state index contributed by atoms with van der Waals surface area (Å²) < 4.78 is 1.65. The molecule has 18 heavy (non-hydrogen) atoms. The van der Waals surface area contributed by atoms with Gasteiger partial charge < -0.3 is 10.4 Å². The standard InChI is InChI=1S/C11H12N4O3/c16-10(17)2-1-5-12-11(18)8-3-4-9-14-13-7-15(9)6-8/h3-4,6-7H,1-2,5H2,(H,12,18)(H,16,17). The summed E-state index contributed by atoms with van der Waals surface area (Å²) in [5.74, 6) is -1.11. The van der Waals surface area contributed by atoms with Crippen LogP contribution in [0.4, 0.5) is 0 Å². The Labute approximate surface area is 102 Å². The third-order valence-electron chi connectivity index (χ3n) is 2.41. The minimum Gasteiger partial charge on any atom is -0.481 e. The number of carboxylic acids is 1. The van der Waals surface area contributed by atoms with Gasteiger partial charge in [-0.15, -0.1) is 10.2 Å². The lowest BCUT2D eigenvalue weighted by atomic mass is 10.2. The van der Waals surface area contributed by atoms with Crippen LogP contribution in [-0.4, -0.2) is 38.1 Å². The number of fused-ring (bicyclic) bond motifs is 1. The summed E-state index contributed by atoms with van der Waals surface area (Å²) in [4.78, 5) is 22.0. The monoisotopic (exact) mass is 248 g/mol. The van der Waals surface area contributed by atoms with Gasteiger partial charge in [0.1, 0.15) is 6.33 Å². The number of carbonyl (C=O) groups excluding carboxylic acids is 1. The molecule has 2 aromatic heterocycles. The van der Waals surface area contributed by atoms with Gasteiger partial charge in [0, 0.05) is 19.2 Å². The van der Waals surface area contributed by atoms with Crippen LogP contribution in [0.3, 0.4) is 0 Å². The molecule has 2 aromatic rings. The Morgan fingerprint density at radius 3 is 3.00 bits per heavy atom. The maximum Gasteiger partial charge on any atom is 0.303 e. The van der Waals surface area contributed by atoms with Gasteiger partial charge in [0.05, 0.1) is 5.56 Å². The summed E-state index contributed by atoms with van der Waals surface area (Å²) in [6.45, 7) is 0.339. The molecule has 0 radical (unpaired) electrons. The van der Waals surface area contributed by atoms with E-state index in [-0.39, 0.29) is 12.3 Å². The molecule has 0 bridgehead atoms. The average molecular weight is 248 g/mol. The van der Waals surface area contributed by atoms with Gasteiger partial charge in [0.15, 0.2) is 5.65 Å². The van der Waals surface area contributed by atoms with E-state index in [1.165, 1.54) is 6.33 Å². The molecule has 0 saturated carbocycles. The minimum atomic E-state index is -0.866. The first kappa shape index (κ1) is 12.0. The van der Waals surface area contributed by atoms with E-state index in [1.807, 2.05) is 0 Å². The van der Waals surface area contributed by atoms with Gasteiger partial charge in [-0.05, 0) is 18.6 Å². The molecule has 94 valence electrons. The van der Waals surface area contributed by atoms with Crippen LogP contribution in [0.5, 0.6) is 0 Å². The van der Waals surface area contributed by atoms with Crippen LogP contribution in [0.1, 0.15) is 23.2 Å². The molecule has 0 aliphatic carbocycles. The molecule has 2 rings (SSSR count). The molecule has 0 fully saturated rings. The number of nitrogens with zero attached hydrogens (tertiary/aromatic N) is 3. The highest BCUT2D eigenvalue weighted by atomic mass is 16.4. The number of aliphatic carboxylic acids is 1. The minimum absolute atomic E-state index is 0.0464. The van der Waals surface area contributed by atoms with E-state index in [0.29, 0.717) is 24.2 Å². The smallest absolute Gasteiger partial charge is 0.303 e. The average Bonchev–Trinajstić information content (AvgIpc) is 2.81. The Bertz CT molecular complexity index is 578. The topological polar surface area (TPSA) is 96.6 Å². The fraction of sp³-hybridized carbons (Fsp3) is 0.273. The Morgan fingerprint density at radius 2 is 2.22 bits per heavy atom. The highest BCUT2D eigenvalue weighted by Gasteiger charge is 2.06. The van der Waals surface area contributed by atoms with Crippen molar-refractivity contribution in [2.75, 3.05) is 6.54 Å². The second kappa shape index (κ2) is 5.26. The number of hydrogen-bond donors (Lipinski definition) is 2. The van der Waals surface area contributed by atoms with Crippen molar-refractivity contribution in [1.82, 2.24) is 19.9 Å². The third-order valence-corrected chi connectivity index (χ3v) is 2.41. The van der Waals surface area contributed by atoms with Gasteiger partial charge in [0.25, 0.3) is 5.91 Å². The summed E-state index contributed by atoms with van der Waals surface area (Å²) in [6, 6.07) is 3.34. The van der Waals surface area contributed by atoms with Gasteiger partial charge in [-0.1, -0.05) is 0 Å². The van der Waals surface area contributed by atoms with Crippen molar-refractivity contribution in [2.24, 2.45) is 0 Å². The second-order valence-corrected chi connectivity index (χ2v) is 3.77. The summed E-state index contributed by atoms with van der Waals surface area (Å²) in [5, 5.41) is 18.7. The highest BCUT2D eigenvalue weighted by Crippen LogP contribution is 2.03. The molecule has 7 nitrogen and oxygen atoms in total. The van der Waals surface area contributed by atoms with E-state index in [0.717, 1.165) is 0 Å². The van der Waals surface area contributed by atoms with Gasteiger partial charge in [-0.3, -0.25) is 14.0 Å². The van der Waals surface area contributed by atoms with Crippen LogP contribution >= 0.6 is 0 Å². The quantitative estimate of drug-likeness (QED) is 0.743. The van der Waals surface area contributed by atoms with Gasteiger partial charge in [-0.25, -0.2) is 0 Å². The molecule has 0 aliphatic heterocycles. The molecule has 7 heteroatoms. The van der Waals surface area contributed by atoms with Crippen molar-refractivity contribution in [3.63, 3.8) is 0 Å². The third kappa shape index (κ3) is 2.82. The number of hydrogen-bond acceptors (Lipinski definition) is 4. The predicted octanol–water partition coefficient (Wildman–Crippen LogP) is 0.324. The summed E-state index contributed by atoms with van der Waals surface area (Å²) in [5.41, 5.74) is 1.15. The van der Waals surface area contributed by atoms with E-state index < -0.39 is 5.97 Å². The number of nitrogens with one attached hydrogen (secondary N) is 1. The van der Waals surface area contributed by atoms with Crippen molar-refractivity contribution >= 4 is 17.5 Å². The van der Waals surface area contributed by atoms with Crippen LogP contribution in [-0.2, 0) is 4.79 Å². The van der Waals surface area contributed by atoms with Gasteiger partial charge in [0.2, 0.25) is 0 Å². The van der Waals surface area contributed by atoms with E-state index in [2.05, 4.69) is 15.5 Å². The Hall–Kier alpha value is -2.44. The number of pyridine rings is 1. The summed E-state index contributed by atoms with van der Waals surface area (Å²) in [6.07, 6.45) is 3.60. The largest absolute Gasteiger partial charge is 0.481 e. The number of amides is 1. The van der Waals surface area contributed by atoms with Crippen LogP contribution in [0.2, 0.25) is 0 Å². The fourth-order valence-electron chi connectivity index (χ4n) is 1.51. The molecule has 2 N–H and O–H groups in total. The van der Waals surface area contributed by atoms with Crippen molar-refractivity contribution in [1.29, 1.82) is 0 Å². The molecule has 0 unspecified atom stereocenters. The highest BCUT2D eigenvalue weighted by molar-refractivity contribution is 5.94. The first-order valence-electron chi connectivity index (χ1n) is 5.46. The van der Waals surface area contributed by atoms with Crippen molar-refractivity contribution < 1.29 is 14.7 Å². The maximum atomic E-state index is 11.7. The molecule has 2 heterocycles. The summed E-state index contributed by atoms with van der Waals surface area (Å²) >= 11 is 0. The van der Waals surface area contributed by atoms with Crippen molar-refractivity contribution in [3.05, 3.63) is 30.2 Å². The SMILES string of the molecule is O=C(O)CCCNC(=O)c1ccc2nncn2c1. The molecule has 0 saturated heterocycles. The fourth-order valence-corrected chi connectivity index (χ4v) is 1.51. The van der Waals surface area contributed by atoms with Crippen LogP contribution in [0.15, 0.2) is 24.7 Å². The summed E-state index contributed by atoms with van der Waals surface area (Å²) in [7, 11) is 0. The molecule has 0 aliphatic rings. The molecule has 0 spiro atoms. The number of carbonyl (C=O) groups is 2. The molecule has 0 atom stereocenters.